The molecule has 0 atom stereocenters. The van der Waals surface area contributed by atoms with Gasteiger partial charge in [0, 0.05) is 20.0 Å². The number of amides is 3. The number of nitrogens with zero attached hydrogens (tertiary/aromatic N) is 2. The number of halogens is 2. The highest BCUT2D eigenvalue weighted by Gasteiger charge is 2.40. The molecule has 14 heteroatoms. The molecular formula is C20H28Br2N6O4S2. The second-order valence-electron chi connectivity index (χ2n) is 6.82. The first-order valence-corrected chi connectivity index (χ1v) is 13.2. The third-order valence-electron chi connectivity index (χ3n) is 4.37. The number of rotatable bonds is 3. The first-order valence-electron chi connectivity index (χ1n) is 9.99. The molecule has 0 saturated carbocycles. The summed E-state index contributed by atoms with van der Waals surface area (Å²) in [5.41, 5.74) is 7.20. The minimum atomic E-state index is -0.605. The molecule has 2 aliphatic rings. The van der Waals surface area contributed by atoms with Crippen molar-refractivity contribution in [2.45, 2.75) is 49.7 Å². The number of alkyl halides is 2. The molecule has 4 rings (SSSR count). The monoisotopic (exact) mass is 638 g/mol. The summed E-state index contributed by atoms with van der Waals surface area (Å²) in [4.78, 5) is 53.4. The second-order valence-corrected chi connectivity index (χ2v) is 12.6. The van der Waals surface area contributed by atoms with Crippen LogP contribution in [0.4, 0.5) is 15.1 Å². The Hall–Kier alpha value is -1.90. The maximum Gasteiger partial charge on any atom is 0.321 e. The van der Waals surface area contributed by atoms with Crippen LogP contribution in [0.2, 0.25) is 0 Å². The van der Waals surface area contributed by atoms with Crippen LogP contribution in [0.25, 0.3) is 0 Å². The number of carbonyl (C=O) groups is 4. The largest absolute Gasteiger partial charge is 0.375 e. The highest BCUT2D eigenvalue weighted by Crippen LogP contribution is 2.42. The summed E-state index contributed by atoms with van der Waals surface area (Å²) in [5, 5.41) is 8.47. The average molecular weight is 640 g/mol. The highest BCUT2D eigenvalue weighted by atomic mass is 79.9. The Bertz CT molecular complexity index is 1020. The molecule has 2 heterocycles. The lowest BCUT2D eigenvalue weighted by atomic mass is 10.0. The molecule has 2 aromatic rings. The maximum atomic E-state index is 11.8. The lowest BCUT2D eigenvalue weighted by Gasteiger charge is -2.22. The van der Waals surface area contributed by atoms with Crippen molar-refractivity contribution in [3.8, 4) is 0 Å². The number of thiazole rings is 2. The Kier molecular flexibility index (Phi) is 12.3. The number of anilines is 2. The Balaban J connectivity index is 0.000000291. The molecule has 0 aromatic carbocycles. The Morgan fingerprint density at radius 3 is 2.38 bits per heavy atom. The van der Waals surface area contributed by atoms with E-state index in [1.54, 1.807) is 7.05 Å². The number of nitrogens with one attached hydrogen (secondary N) is 3. The van der Waals surface area contributed by atoms with E-state index in [9.17, 15) is 14.4 Å². The van der Waals surface area contributed by atoms with Gasteiger partial charge in [-0.2, -0.15) is 0 Å². The molecule has 0 bridgehead atoms. The standard InChI is InChI=1S/C10H13N3O2S.C7H6Br2N2OS.C2H5NO.CH4/c1-2-11-9(15)13-10-12-6-4-3-5-7(14)8(6)16-10;8-7(9)2-1-3-4(5(7)12)13-6(10)11-3;1-3-2-4;/h2-5H2,1H3,(H2,11,12,13,15);1-2H2,(H2,10,11);2H,1H3,(H,3,4);1H4. The number of nitrogens with two attached hydrogens (primary N) is 1. The van der Waals surface area contributed by atoms with Crippen molar-refractivity contribution in [3.05, 3.63) is 21.1 Å². The van der Waals surface area contributed by atoms with Gasteiger partial charge in [0.25, 0.3) is 0 Å². The number of hydrogen-bond acceptors (Lipinski definition) is 9. The van der Waals surface area contributed by atoms with Crippen molar-refractivity contribution in [2.75, 3.05) is 24.6 Å². The number of aromatic nitrogens is 2. The highest BCUT2D eigenvalue weighted by molar-refractivity contribution is 9.26. The SMILES string of the molecule is C.CCNC(=O)Nc1nc2c(s1)C(=O)CCC2.CNC=O.Nc1nc2c(s1)C(=O)C(Br)(Br)CC2. The zero-order valence-corrected chi connectivity index (χ0v) is 22.8. The average Bonchev–Trinajstić information content (AvgIpc) is 3.35. The van der Waals surface area contributed by atoms with Gasteiger partial charge >= 0.3 is 6.03 Å². The van der Waals surface area contributed by atoms with E-state index < -0.39 is 3.23 Å². The molecule has 2 aliphatic carbocycles. The number of Topliss-reactive ketones (excluding diaryl/α,β-unsaturated/α-hetero) is 2. The van der Waals surface area contributed by atoms with Gasteiger partial charge in [-0.3, -0.25) is 19.7 Å². The first kappa shape index (κ1) is 30.1. The number of hydrogen-bond donors (Lipinski definition) is 4. The van der Waals surface area contributed by atoms with Crippen molar-refractivity contribution in [2.24, 2.45) is 0 Å². The third kappa shape index (κ3) is 8.10. The van der Waals surface area contributed by atoms with Gasteiger partial charge in [-0.25, -0.2) is 14.8 Å². The van der Waals surface area contributed by atoms with E-state index in [-0.39, 0.29) is 25.0 Å². The van der Waals surface area contributed by atoms with Gasteiger partial charge < -0.3 is 16.4 Å². The van der Waals surface area contributed by atoms with Crippen molar-refractivity contribution in [1.82, 2.24) is 20.6 Å². The van der Waals surface area contributed by atoms with Crippen LogP contribution in [0, 0.1) is 0 Å². The van der Waals surface area contributed by atoms with E-state index in [0.717, 1.165) is 30.7 Å². The van der Waals surface area contributed by atoms with E-state index in [4.69, 9.17) is 10.5 Å². The fraction of sp³-hybridized carbons (Fsp3) is 0.500. The van der Waals surface area contributed by atoms with Crippen molar-refractivity contribution >= 4 is 88.8 Å². The van der Waals surface area contributed by atoms with Crippen molar-refractivity contribution < 1.29 is 19.2 Å². The lowest BCUT2D eigenvalue weighted by Crippen LogP contribution is -2.29. The zero-order chi connectivity index (χ0) is 24.6. The zero-order valence-electron chi connectivity index (χ0n) is 18.0. The molecule has 10 nitrogen and oxygen atoms in total. The van der Waals surface area contributed by atoms with Gasteiger partial charge in [0.2, 0.25) is 12.2 Å². The van der Waals surface area contributed by atoms with Crippen LogP contribution in [0.3, 0.4) is 0 Å². The molecule has 0 fully saturated rings. The third-order valence-corrected chi connectivity index (χ3v) is 7.86. The summed E-state index contributed by atoms with van der Waals surface area (Å²) in [6.07, 6.45) is 4.40. The van der Waals surface area contributed by atoms with E-state index in [2.05, 4.69) is 57.8 Å². The molecule has 0 spiro atoms. The molecule has 3 amide bonds. The molecule has 2 aromatic heterocycles. The molecule has 34 heavy (non-hydrogen) atoms. The predicted octanol–water partition coefficient (Wildman–Crippen LogP) is 4.14. The quantitative estimate of drug-likeness (QED) is 0.290. The summed E-state index contributed by atoms with van der Waals surface area (Å²) in [7, 11) is 1.56. The Morgan fingerprint density at radius 2 is 1.79 bits per heavy atom. The Morgan fingerprint density at radius 1 is 1.15 bits per heavy atom. The number of ketones is 2. The Labute approximate surface area is 223 Å². The van der Waals surface area contributed by atoms with Crippen LogP contribution >= 0.6 is 54.5 Å². The van der Waals surface area contributed by atoms with Gasteiger partial charge in [-0.15, -0.1) is 0 Å². The molecule has 0 saturated heterocycles. The lowest BCUT2D eigenvalue weighted by molar-refractivity contribution is -0.109. The minimum absolute atomic E-state index is 0. The number of fused-ring (bicyclic) bond motifs is 2. The predicted molar refractivity (Wildman–Crippen MR) is 144 cm³/mol. The topological polar surface area (TPSA) is 156 Å². The summed E-state index contributed by atoms with van der Waals surface area (Å²) in [6.45, 7) is 2.41. The van der Waals surface area contributed by atoms with Crippen LogP contribution in [0.5, 0.6) is 0 Å². The molecule has 0 aliphatic heterocycles. The van der Waals surface area contributed by atoms with Gasteiger partial charge in [0.15, 0.2) is 16.0 Å². The summed E-state index contributed by atoms with van der Waals surface area (Å²) >= 11 is 9.21. The molecular weight excluding hydrogens is 612 g/mol. The molecule has 0 unspecified atom stereocenters. The van der Waals surface area contributed by atoms with E-state index in [1.807, 2.05) is 6.92 Å². The number of carbonyl (C=O) groups excluding carboxylic acids is 4. The van der Waals surface area contributed by atoms with Crippen LogP contribution < -0.4 is 21.7 Å². The number of nitrogen functional groups attached to an aromatic ring is 1. The van der Waals surface area contributed by atoms with E-state index in [1.165, 1.54) is 22.7 Å². The second kappa shape index (κ2) is 13.9. The molecule has 5 N–H and O–H groups in total. The minimum Gasteiger partial charge on any atom is -0.375 e. The smallest absolute Gasteiger partial charge is 0.321 e. The van der Waals surface area contributed by atoms with Gasteiger partial charge in [-0.1, -0.05) is 62.0 Å². The van der Waals surface area contributed by atoms with E-state index >= 15 is 0 Å². The summed E-state index contributed by atoms with van der Waals surface area (Å²) in [5.74, 6) is 0.172. The summed E-state index contributed by atoms with van der Waals surface area (Å²) in [6, 6.07) is -0.277. The number of aryl methyl sites for hydroxylation is 2. The van der Waals surface area contributed by atoms with Gasteiger partial charge in [0.1, 0.15) is 3.23 Å². The maximum absolute atomic E-state index is 11.8. The first-order chi connectivity index (χ1) is 15.6. The van der Waals surface area contributed by atoms with Crippen molar-refractivity contribution in [3.63, 3.8) is 0 Å². The normalized spacial score (nSPS) is 15.1. The van der Waals surface area contributed by atoms with Gasteiger partial charge in [-0.05, 0) is 32.6 Å². The van der Waals surface area contributed by atoms with E-state index in [0.29, 0.717) is 45.8 Å². The fourth-order valence-corrected chi connectivity index (χ4v) is 5.82. The van der Waals surface area contributed by atoms with Crippen LogP contribution in [0.1, 0.15) is 64.3 Å². The fourth-order valence-electron chi connectivity index (χ4n) is 2.90. The number of urea groups is 1. The molecule has 188 valence electrons. The van der Waals surface area contributed by atoms with Crippen LogP contribution in [0.15, 0.2) is 0 Å². The van der Waals surface area contributed by atoms with Crippen LogP contribution in [-0.2, 0) is 17.6 Å². The van der Waals surface area contributed by atoms with Crippen LogP contribution in [-0.4, -0.2) is 50.8 Å². The van der Waals surface area contributed by atoms with Crippen molar-refractivity contribution in [1.29, 1.82) is 0 Å². The van der Waals surface area contributed by atoms with Gasteiger partial charge in [0.05, 0.1) is 21.1 Å². The molecule has 0 radical (unpaired) electrons. The summed E-state index contributed by atoms with van der Waals surface area (Å²) < 4.78 is -0.605.